The first-order valence-electron chi connectivity index (χ1n) is 4.34. The minimum absolute atomic E-state index is 0.0234. The number of alkyl halides is 4. The molecule has 1 rings (SSSR count). The Morgan fingerprint density at radius 2 is 1.80 bits per heavy atom. The molecule has 0 nitrogen and oxygen atoms in total. The van der Waals surface area contributed by atoms with Gasteiger partial charge in [-0.25, -0.2) is 0 Å². The van der Waals surface area contributed by atoms with Gasteiger partial charge in [0.2, 0.25) is 0 Å². The van der Waals surface area contributed by atoms with Crippen LogP contribution in [-0.4, -0.2) is 17.1 Å². The quantitative estimate of drug-likeness (QED) is 0.724. The highest BCUT2D eigenvalue weighted by molar-refractivity contribution is 8.00. The van der Waals surface area contributed by atoms with E-state index in [0.717, 1.165) is 5.56 Å². The van der Waals surface area contributed by atoms with Crippen LogP contribution in [0.5, 0.6) is 0 Å². The lowest BCUT2D eigenvalue weighted by Gasteiger charge is -2.14. The van der Waals surface area contributed by atoms with Gasteiger partial charge in [0.15, 0.2) is 0 Å². The van der Waals surface area contributed by atoms with Crippen LogP contribution in [0.2, 0.25) is 0 Å². The summed E-state index contributed by atoms with van der Waals surface area (Å²) in [4.78, 5) is 0. The Kier molecular flexibility index (Phi) is 4.80. The van der Waals surface area contributed by atoms with E-state index in [1.54, 1.807) is 24.3 Å². The Hall–Kier alpha value is -0.350. The molecule has 0 saturated heterocycles. The van der Waals surface area contributed by atoms with Gasteiger partial charge in [-0.2, -0.15) is 13.2 Å². The largest absolute Gasteiger partial charge is 0.441 e. The SMILES string of the molecule is FC(F)(F)SCC(CCl)c1ccccc1. The van der Waals surface area contributed by atoms with Gasteiger partial charge < -0.3 is 0 Å². The first-order valence-corrected chi connectivity index (χ1v) is 5.86. The van der Waals surface area contributed by atoms with Gasteiger partial charge in [-0.1, -0.05) is 42.1 Å². The van der Waals surface area contributed by atoms with Crippen LogP contribution in [0.1, 0.15) is 11.5 Å². The summed E-state index contributed by atoms with van der Waals surface area (Å²) in [5, 5.41) is 0. The maximum atomic E-state index is 12.0. The topological polar surface area (TPSA) is 0 Å². The summed E-state index contributed by atoms with van der Waals surface area (Å²) in [5.74, 6) is -0.0797. The van der Waals surface area contributed by atoms with E-state index < -0.39 is 5.51 Å². The summed E-state index contributed by atoms with van der Waals surface area (Å²) < 4.78 is 36.0. The summed E-state index contributed by atoms with van der Waals surface area (Å²) in [6.45, 7) is 0. The van der Waals surface area contributed by atoms with Crippen molar-refractivity contribution in [3.8, 4) is 0 Å². The summed E-state index contributed by atoms with van der Waals surface area (Å²) in [6.07, 6.45) is 0. The summed E-state index contributed by atoms with van der Waals surface area (Å²) in [7, 11) is 0. The molecule has 0 radical (unpaired) electrons. The molecule has 1 aromatic carbocycles. The molecule has 0 bridgehead atoms. The zero-order valence-corrected chi connectivity index (χ0v) is 9.37. The second-order valence-electron chi connectivity index (χ2n) is 3.02. The first-order chi connectivity index (χ1) is 7.03. The Labute approximate surface area is 95.8 Å². The van der Waals surface area contributed by atoms with Gasteiger partial charge in [-0.05, 0) is 5.56 Å². The van der Waals surface area contributed by atoms with E-state index in [1.165, 1.54) is 0 Å². The zero-order chi connectivity index (χ0) is 11.3. The molecule has 1 unspecified atom stereocenters. The molecule has 0 spiro atoms. The molecule has 0 fully saturated rings. The molecule has 0 aliphatic heterocycles. The molecule has 1 atom stereocenters. The molecular formula is C10H10ClF3S. The number of thioether (sulfide) groups is 1. The number of benzene rings is 1. The normalized spacial score (nSPS) is 13.9. The minimum atomic E-state index is -4.18. The minimum Gasteiger partial charge on any atom is -0.160 e. The molecule has 0 aliphatic carbocycles. The summed E-state index contributed by atoms with van der Waals surface area (Å²) in [6, 6.07) is 9.01. The Balaban J connectivity index is 2.58. The molecule has 5 heteroatoms. The third kappa shape index (κ3) is 4.80. The second kappa shape index (κ2) is 5.66. The molecule has 1 aromatic rings. The van der Waals surface area contributed by atoms with Crippen molar-refractivity contribution in [3.63, 3.8) is 0 Å². The Bertz CT molecular complexity index is 286. The predicted molar refractivity (Wildman–Crippen MR) is 58.4 cm³/mol. The lowest BCUT2D eigenvalue weighted by atomic mass is 10.0. The van der Waals surface area contributed by atoms with Gasteiger partial charge in [-0.15, -0.1) is 11.6 Å². The van der Waals surface area contributed by atoms with E-state index >= 15 is 0 Å². The zero-order valence-electron chi connectivity index (χ0n) is 7.80. The fraction of sp³-hybridized carbons (Fsp3) is 0.400. The maximum absolute atomic E-state index is 12.0. The molecule has 0 saturated carbocycles. The number of hydrogen-bond donors (Lipinski definition) is 0. The van der Waals surface area contributed by atoms with Gasteiger partial charge in [0.1, 0.15) is 0 Å². The van der Waals surface area contributed by atoms with E-state index in [1.807, 2.05) is 6.07 Å². The Morgan fingerprint density at radius 3 is 2.27 bits per heavy atom. The van der Waals surface area contributed by atoms with Crippen molar-refractivity contribution >= 4 is 23.4 Å². The van der Waals surface area contributed by atoms with Crippen molar-refractivity contribution in [3.05, 3.63) is 35.9 Å². The van der Waals surface area contributed by atoms with Gasteiger partial charge >= 0.3 is 5.51 Å². The fourth-order valence-corrected chi connectivity index (χ4v) is 2.27. The number of rotatable bonds is 4. The standard InChI is InChI=1S/C10H10ClF3S/c11-6-9(7-15-10(12,13)14)8-4-2-1-3-5-8/h1-5,9H,6-7H2. The highest BCUT2D eigenvalue weighted by atomic mass is 35.5. The fourth-order valence-electron chi connectivity index (χ4n) is 1.15. The van der Waals surface area contributed by atoms with Gasteiger partial charge in [0.05, 0.1) is 0 Å². The number of halogens is 4. The van der Waals surface area contributed by atoms with Crippen molar-refractivity contribution in [2.45, 2.75) is 11.4 Å². The molecule has 0 N–H and O–H groups in total. The molecule has 15 heavy (non-hydrogen) atoms. The van der Waals surface area contributed by atoms with Crippen LogP contribution in [0.3, 0.4) is 0 Å². The summed E-state index contributed by atoms with van der Waals surface area (Å²) >= 11 is 5.63. The smallest absolute Gasteiger partial charge is 0.160 e. The van der Waals surface area contributed by atoms with E-state index in [-0.39, 0.29) is 29.3 Å². The lowest BCUT2D eigenvalue weighted by Crippen LogP contribution is -2.09. The van der Waals surface area contributed by atoms with E-state index in [4.69, 9.17) is 11.6 Å². The third-order valence-electron chi connectivity index (χ3n) is 1.91. The average Bonchev–Trinajstić information content (AvgIpc) is 2.19. The van der Waals surface area contributed by atoms with Gasteiger partial charge in [0.25, 0.3) is 0 Å². The number of hydrogen-bond acceptors (Lipinski definition) is 1. The van der Waals surface area contributed by atoms with Crippen molar-refractivity contribution in [1.82, 2.24) is 0 Å². The Morgan fingerprint density at radius 1 is 1.20 bits per heavy atom. The second-order valence-corrected chi connectivity index (χ2v) is 4.41. The van der Waals surface area contributed by atoms with Crippen LogP contribution in [0.15, 0.2) is 30.3 Å². The van der Waals surface area contributed by atoms with Crippen LogP contribution in [0.25, 0.3) is 0 Å². The molecular weight excluding hydrogens is 245 g/mol. The molecule has 0 heterocycles. The van der Waals surface area contributed by atoms with Crippen molar-refractivity contribution in [1.29, 1.82) is 0 Å². The monoisotopic (exact) mass is 254 g/mol. The van der Waals surface area contributed by atoms with E-state index in [2.05, 4.69) is 0 Å². The first kappa shape index (κ1) is 12.7. The van der Waals surface area contributed by atoms with Crippen LogP contribution >= 0.6 is 23.4 Å². The highest BCUT2D eigenvalue weighted by Crippen LogP contribution is 2.34. The van der Waals surface area contributed by atoms with Crippen LogP contribution in [-0.2, 0) is 0 Å². The molecule has 84 valence electrons. The maximum Gasteiger partial charge on any atom is 0.441 e. The molecule has 0 aliphatic rings. The average molecular weight is 255 g/mol. The van der Waals surface area contributed by atoms with Gasteiger partial charge in [0, 0.05) is 17.6 Å². The predicted octanol–water partition coefficient (Wildman–Crippen LogP) is 4.26. The van der Waals surface area contributed by atoms with Crippen molar-refractivity contribution < 1.29 is 13.2 Å². The molecule has 0 aromatic heterocycles. The van der Waals surface area contributed by atoms with Crippen molar-refractivity contribution in [2.24, 2.45) is 0 Å². The summed E-state index contributed by atoms with van der Waals surface area (Å²) in [5.41, 5.74) is -3.33. The van der Waals surface area contributed by atoms with E-state index in [9.17, 15) is 13.2 Å². The molecule has 0 amide bonds. The lowest BCUT2D eigenvalue weighted by molar-refractivity contribution is -0.0328. The van der Waals surface area contributed by atoms with Crippen LogP contribution in [0, 0.1) is 0 Å². The van der Waals surface area contributed by atoms with Crippen LogP contribution < -0.4 is 0 Å². The van der Waals surface area contributed by atoms with Crippen molar-refractivity contribution in [2.75, 3.05) is 11.6 Å². The van der Waals surface area contributed by atoms with Gasteiger partial charge in [-0.3, -0.25) is 0 Å². The highest BCUT2D eigenvalue weighted by Gasteiger charge is 2.29. The van der Waals surface area contributed by atoms with E-state index in [0.29, 0.717) is 0 Å². The van der Waals surface area contributed by atoms with Crippen LogP contribution in [0.4, 0.5) is 13.2 Å². The third-order valence-corrected chi connectivity index (χ3v) is 3.17.